The smallest absolute Gasteiger partial charge is 0.229 e. The number of nitrogens with zero attached hydrogens (tertiary/aromatic N) is 2. The van der Waals surface area contributed by atoms with Crippen LogP contribution in [0.25, 0.3) is 11.3 Å². The van der Waals surface area contributed by atoms with Gasteiger partial charge in [-0.25, -0.2) is 4.98 Å². The highest BCUT2D eigenvalue weighted by molar-refractivity contribution is 6.30. The Kier molecular flexibility index (Phi) is 5.08. The van der Waals surface area contributed by atoms with Gasteiger partial charge < -0.3 is 10.6 Å². The van der Waals surface area contributed by atoms with Crippen LogP contribution in [-0.4, -0.2) is 16.5 Å². The standard InChI is InChI=1S/C19H17ClN4/c1-2-12-21-18-13-17(14-6-4-3-5-7-14)23-19(24-18)22-16-10-8-15(20)9-11-16/h2-11,13H,1,12H2,(H2,21,22,23,24). The van der Waals surface area contributed by atoms with Crippen molar-refractivity contribution in [3.05, 3.63) is 78.3 Å². The lowest BCUT2D eigenvalue weighted by molar-refractivity contribution is 1.14. The van der Waals surface area contributed by atoms with Crippen molar-refractivity contribution >= 4 is 29.1 Å². The Morgan fingerprint density at radius 2 is 1.75 bits per heavy atom. The minimum absolute atomic E-state index is 0.519. The quantitative estimate of drug-likeness (QED) is 0.612. The maximum Gasteiger partial charge on any atom is 0.229 e. The van der Waals surface area contributed by atoms with E-state index in [4.69, 9.17) is 11.6 Å². The molecule has 0 atom stereocenters. The molecule has 0 aliphatic carbocycles. The molecule has 120 valence electrons. The summed E-state index contributed by atoms with van der Waals surface area (Å²) < 4.78 is 0. The number of anilines is 3. The van der Waals surface area contributed by atoms with Crippen molar-refractivity contribution in [1.82, 2.24) is 9.97 Å². The van der Waals surface area contributed by atoms with Gasteiger partial charge in [-0.15, -0.1) is 6.58 Å². The largest absolute Gasteiger partial charge is 0.366 e. The molecular formula is C19H17ClN4. The Hall–Kier alpha value is -2.85. The molecule has 0 fully saturated rings. The topological polar surface area (TPSA) is 49.8 Å². The highest BCUT2D eigenvalue weighted by Crippen LogP contribution is 2.23. The monoisotopic (exact) mass is 336 g/mol. The molecule has 1 heterocycles. The lowest BCUT2D eigenvalue weighted by Crippen LogP contribution is -2.05. The second-order valence-corrected chi connectivity index (χ2v) is 5.57. The molecule has 3 rings (SSSR count). The van der Waals surface area contributed by atoms with Crippen molar-refractivity contribution in [3.63, 3.8) is 0 Å². The number of halogens is 1. The number of hydrogen-bond donors (Lipinski definition) is 2. The van der Waals surface area contributed by atoms with Crippen molar-refractivity contribution in [2.45, 2.75) is 0 Å². The molecule has 0 radical (unpaired) electrons. The molecule has 0 aliphatic heterocycles. The molecule has 0 saturated carbocycles. The van der Waals surface area contributed by atoms with Crippen LogP contribution in [-0.2, 0) is 0 Å². The van der Waals surface area contributed by atoms with Crippen LogP contribution in [0.2, 0.25) is 5.02 Å². The molecule has 5 heteroatoms. The van der Waals surface area contributed by atoms with E-state index in [-0.39, 0.29) is 0 Å². The Morgan fingerprint density at radius 3 is 2.46 bits per heavy atom. The fourth-order valence-corrected chi connectivity index (χ4v) is 2.32. The van der Waals surface area contributed by atoms with Gasteiger partial charge in [-0.05, 0) is 24.3 Å². The molecule has 24 heavy (non-hydrogen) atoms. The first-order chi connectivity index (χ1) is 11.7. The third-order valence-corrected chi connectivity index (χ3v) is 3.58. The predicted octanol–water partition coefficient (Wildman–Crippen LogP) is 5.14. The number of hydrogen-bond acceptors (Lipinski definition) is 4. The van der Waals surface area contributed by atoms with Gasteiger partial charge in [-0.2, -0.15) is 4.98 Å². The van der Waals surface area contributed by atoms with Gasteiger partial charge in [0.05, 0.1) is 5.69 Å². The lowest BCUT2D eigenvalue weighted by atomic mass is 10.1. The summed E-state index contributed by atoms with van der Waals surface area (Å²) in [6, 6.07) is 19.3. The number of aromatic nitrogens is 2. The van der Waals surface area contributed by atoms with Crippen LogP contribution in [0.1, 0.15) is 0 Å². The molecule has 0 amide bonds. The average molecular weight is 337 g/mol. The van der Waals surface area contributed by atoms with E-state index >= 15 is 0 Å². The highest BCUT2D eigenvalue weighted by Gasteiger charge is 2.07. The van der Waals surface area contributed by atoms with E-state index in [1.807, 2.05) is 60.7 Å². The third-order valence-electron chi connectivity index (χ3n) is 3.32. The molecule has 0 unspecified atom stereocenters. The zero-order valence-electron chi connectivity index (χ0n) is 13.0. The second kappa shape index (κ2) is 7.62. The van der Waals surface area contributed by atoms with Crippen LogP contribution in [0.15, 0.2) is 73.3 Å². The highest BCUT2D eigenvalue weighted by atomic mass is 35.5. The first kappa shape index (κ1) is 16.0. The lowest BCUT2D eigenvalue weighted by Gasteiger charge is -2.11. The van der Waals surface area contributed by atoms with Crippen molar-refractivity contribution < 1.29 is 0 Å². The van der Waals surface area contributed by atoms with Crippen molar-refractivity contribution in [2.75, 3.05) is 17.2 Å². The zero-order chi connectivity index (χ0) is 16.8. The van der Waals surface area contributed by atoms with Crippen LogP contribution >= 0.6 is 11.6 Å². The molecule has 0 bridgehead atoms. The fourth-order valence-electron chi connectivity index (χ4n) is 2.19. The van der Waals surface area contributed by atoms with Gasteiger partial charge in [0.15, 0.2) is 0 Å². The van der Waals surface area contributed by atoms with E-state index in [1.165, 1.54) is 0 Å². The summed E-state index contributed by atoms with van der Waals surface area (Å²) >= 11 is 5.92. The first-order valence-electron chi connectivity index (χ1n) is 7.56. The van der Waals surface area contributed by atoms with Gasteiger partial charge in [0.1, 0.15) is 5.82 Å². The van der Waals surface area contributed by atoms with Gasteiger partial charge in [-0.3, -0.25) is 0 Å². The Labute approximate surface area is 146 Å². The predicted molar refractivity (Wildman–Crippen MR) is 101 cm³/mol. The van der Waals surface area contributed by atoms with Gasteiger partial charge >= 0.3 is 0 Å². The second-order valence-electron chi connectivity index (χ2n) is 5.13. The van der Waals surface area contributed by atoms with Gasteiger partial charge in [-0.1, -0.05) is 48.0 Å². The summed E-state index contributed by atoms with van der Waals surface area (Å²) in [5.74, 6) is 1.26. The molecule has 2 N–H and O–H groups in total. The minimum Gasteiger partial charge on any atom is -0.366 e. The first-order valence-corrected chi connectivity index (χ1v) is 7.94. The van der Waals surface area contributed by atoms with Crippen LogP contribution in [0.5, 0.6) is 0 Å². The van der Waals surface area contributed by atoms with Crippen LogP contribution in [0.4, 0.5) is 17.5 Å². The summed E-state index contributed by atoms with van der Waals surface area (Å²) in [5.41, 5.74) is 2.74. The molecular weight excluding hydrogens is 320 g/mol. The third kappa shape index (κ3) is 4.12. The fraction of sp³-hybridized carbons (Fsp3) is 0.0526. The van der Waals surface area contributed by atoms with Gasteiger partial charge in [0.2, 0.25) is 5.95 Å². The van der Waals surface area contributed by atoms with Crippen LogP contribution in [0.3, 0.4) is 0 Å². The van der Waals surface area contributed by atoms with E-state index in [0.717, 1.165) is 22.8 Å². The number of rotatable bonds is 6. The minimum atomic E-state index is 0.519. The Bertz CT molecular complexity index is 817. The zero-order valence-corrected chi connectivity index (χ0v) is 13.8. The number of nitrogens with one attached hydrogen (secondary N) is 2. The SMILES string of the molecule is C=CCNc1cc(-c2ccccc2)nc(Nc2ccc(Cl)cc2)n1. The molecule has 0 aliphatic rings. The van der Waals surface area contributed by atoms with E-state index in [9.17, 15) is 0 Å². The normalized spacial score (nSPS) is 10.2. The molecule has 0 saturated heterocycles. The Morgan fingerprint density at radius 1 is 1.00 bits per heavy atom. The maximum absolute atomic E-state index is 5.92. The van der Waals surface area contributed by atoms with Crippen LogP contribution < -0.4 is 10.6 Å². The summed E-state index contributed by atoms with van der Waals surface area (Å²) in [6.07, 6.45) is 1.79. The average Bonchev–Trinajstić information content (AvgIpc) is 2.62. The van der Waals surface area contributed by atoms with E-state index in [0.29, 0.717) is 17.5 Å². The molecule has 0 spiro atoms. The summed E-state index contributed by atoms with van der Waals surface area (Å²) in [7, 11) is 0. The van der Waals surface area contributed by atoms with Gasteiger partial charge in [0, 0.05) is 28.9 Å². The summed E-state index contributed by atoms with van der Waals surface area (Å²) in [6.45, 7) is 4.35. The van der Waals surface area contributed by atoms with Crippen molar-refractivity contribution in [3.8, 4) is 11.3 Å². The molecule has 4 nitrogen and oxygen atoms in total. The summed E-state index contributed by atoms with van der Waals surface area (Å²) in [4.78, 5) is 9.11. The van der Waals surface area contributed by atoms with Crippen LogP contribution in [0, 0.1) is 0 Å². The molecule has 1 aromatic heterocycles. The number of benzene rings is 2. The van der Waals surface area contributed by atoms with E-state index < -0.39 is 0 Å². The van der Waals surface area contributed by atoms with Gasteiger partial charge in [0.25, 0.3) is 0 Å². The maximum atomic E-state index is 5.92. The molecule has 2 aromatic carbocycles. The molecule has 3 aromatic rings. The van der Waals surface area contributed by atoms with Crippen molar-refractivity contribution in [1.29, 1.82) is 0 Å². The van der Waals surface area contributed by atoms with E-state index in [1.54, 1.807) is 6.08 Å². The summed E-state index contributed by atoms with van der Waals surface area (Å²) in [5, 5.41) is 7.11. The Balaban J connectivity index is 1.94. The van der Waals surface area contributed by atoms with E-state index in [2.05, 4.69) is 27.2 Å². The van der Waals surface area contributed by atoms with Crippen molar-refractivity contribution in [2.24, 2.45) is 0 Å².